The maximum Gasteiger partial charge on any atom is 0.387 e. The van der Waals surface area contributed by atoms with Crippen LogP contribution >= 0.6 is 15.9 Å². The smallest absolute Gasteiger partial charge is 0.387 e. The number of benzene rings is 1. The molecule has 0 fully saturated rings. The molecule has 0 aromatic heterocycles. The zero-order valence-electron chi connectivity index (χ0n) is 11.6. The maximum absolute atomic E-state index is 12.4. The van der Waals surface area contributed by atoms with Crippen LogP contribution in [0.3, 0.4) is 0 Å². The van der Waals surface area contributed by atoms with Crippen molar-refractivity contribution < 1.29 is 18.6 Å². The number of aliphatic hydroxyl groups excluding tert-OH is 1. The molecular formula is C14H20BrF2NO2. The van der Waals surface area contributed by atoms with Crippen molar-refractivity contribution in [2.24, 2.45) is 0 Å². The fourth-order valence-electron chi connectivity index (χ4n) is 1.96. The van der Waals surface area contributed by atoms with E-state index in [0.29, 0.717) is 12.1 Å². The number of alkyl halides is 2. The van der Waals surface area contributed by atoms with Gasteiger partial charge in [-0.3, -0.25) is 0 Å². The van der Waals surface area contributed by atoms with Crippen molar-refractivity contribution in [3.05, 3.63) is 28.2 Å². The van der Waals surface area contributed by atoms with E-state index in [1.165, 1.54) is 6.07 Å². The third-order valence-electron chi connectivity index (χ3n) is 3.55. The second kappa shape index (κ2) is 7.90. The summed E-state index contributed by atoms with van der Waals surface area (Å²) < 4.78 is 30.1. The first-order valence-corrected chi connectivity index (χ1v) is 7.34. The molecule has 0 radical (unpaired) electrons. The number of ether oxygens (including phenoxy) is 1. The fourth-order valence-corrected chi connectivity index (χ4v) is 2.37. The Morgan fingerprint density at radius 3 is 2.50 bits per heavy atom. The summed E-state index contributed by atoms with van der Waals surface area (Å²) in [6, 6.07) is 4.89. The van der Waals surface area contributed by atoms with Gasteiger partial charge < -0.3 is 15.2 Å². The van der Waals surface area contributed by atoms with Crippen LogP contribution in [0.5, 0.6) is 5.75 Å². The van der Waals surface area contributed by atoms with Crippen LogP contribution in [0.2, 0.25) is 0 Å². The Kier molecular flexibility index (Phi) is 6.85. The van der Waals surface area contributed by atoms with Crippen LogP contribution in [-0.2, 0) is 6.54 Å². The summed E-state index contributed by atoms with van der Waals surface area (Å²) in [5.41, 5.74) is 0.226. The zero-order valence-corrected chi connectivity index (χ0v) is 13.2. The molecule has 0 saturated carbocycles. The number of hydrogen-bond donors (Lipinski definition) is 2. The SMILES string of the molecule is CCC(CC)(CO)NCc1cc(Br)ccc1OC(F)F. The minimum Gasteiger partial charge on any atom is -0.434 e. The highest BCUT2D eigenvalue weighted by Crippen LogP contribution is 2.26. The van der Waals surface area contributed by atoms with E-state index < -0.39 is 12.2 Å². The predicted molar refractivity (Wildman–Crippen MR) is 78.0 cm³/mol. The normalized spacial score (nSPS) is 11.9. The molecule has 114 valence electrons. The lowest BCUT2D eigenvalue weighted by atomic mass is 9.93. The Morgan fingerprint density at radius 1 is 1.35 bits per heavy atom. The van der Waals surface area contributed by atoms with Gasteiger partial charge in [0, 0.05) is 22.1 Å². The minimum atomic E-state index is -2.85. The molecule has 0 amide bonds. The summed E-state index contributed by atoms with van der Waals surface area (Å²) in [5.74, 6) is 0.148. The molecule has 6 heteroatoms. The second-order valence-electron chi connectivity index (χ2n) is 4.63. The second-order valence-corrected chi connectivity index (χ2v) is 5.55. The van der Waals surface area contributed by atoms with Crippen molar-refractivity contribution in [2.45, 2.75) is 45.4 Å². The monoisotopic (exact) mass is 351 g/mol. The molecular weight excluding hydrogens is 332 g/mol. The van der Waals surface area contributed by atoms with Gasteiger partial charge in [-0.05, 0) is 31.0 Å². The number of hydrogen-bond acceptors (Lipinski definition) is 3. The van der Waals surface area contributed by atoms with Crippen LogP contribution in [0.25, 0.3) is 0 Å². The average molecular weight is 352 g/mol. The lowest BCUT2D eigenvalue weighted by molar-refractivity contribution is -0.0505. The van der Waals surface area contributed by atoms with Gasteiger partial charge >= 0.3 is 6.61 Å². The largest absolute Gasteiger partial charge is 0.434 e. The van der Waals surface area contributed by atoms with Crippen LogP contribution < -0.4 is 10.1 Å². The Bertz CT molecular complexity index is 417. The lowest BCUT2D eigenvalue weighted by Gasteiger charge is -2.31. The van der Waals surface area contributed by atoms with Gasteiger partial charge in [0.25, 0.3) is 0 Å². The Morgan fingerprint density at radius 2 is 2.00 bits per heavy atom. The molecule has 0 unspecified atom stereocenters. The number of nitrogens with one attached hydrogen (secondary N) is 1. The highest BCUT2D eigenvalue weighted by Gasteiger charge is 2.24. The van der Waals surface area contributed by atoms with E-state index in [4.69, 9.17) is 0 Å². The van der Waals surface area contributed by atoms with Crippen LogP contribution in [0.1, 0.15) is 32.3 Å². The molecule has 0 heterocycles. The van der Waals surface area contributed by atoms with Crippen LogP contribution in [0.4, 0.5) is 8.78 Å². The van der Waals surface area contributed by atoms with Crippen molar-refractivity contribution in [1.29, 1.82) is 0 Å². The third-order valence-corrected chi connectivity index (χ3v) is 4.04. The zero-order chi connectivity index (χ0) is 15.2. The standard InChI is InChI=1S/C14H20BrF2NO2/c1-3-14(4-2,9-19)18-8-10-7-11(15)5-6-12(10)20-13(16)17/h5-7,13,18-19H,3-4,8-9H2,1-2H3. The van der Waals surface area contributed by atoms with Crippen LogP contribution in [-0.4, -0.2) is 23.9 Å². The predicted octanol–water partition coefficient (Wildman–Crippen LogP) is 3.69. The van der Waals surface area contributed by atoms with Crippen molar-refractivity contribution in [3.63, 3.8) is 0 Å². The molecule has 0 aliphatic heterocycles. The van der Waals surface area contributed by atoms with Gasteiger partial charge in [0.1, 0.15) is 5.75 Å². The number of rotatable bonds is 8. The first-order chi connectivity index (χ1) is 9.46. The fraction of sp³-hybridized carbons (Fsp3) is 0.571. The first-order valence-electron chi connectivity index (χ1n) is 6.55. The number of halogens is 3. The third kappa shape index (κ3) is 4.68. The quantitative estimate of drug-likeness (QED) is 0.750. The van der Waals surface area contributed by atoms with E-state index in [1.807, 2.05) is 13.8 Å². The van der Waals surface area contributed by atoms with Crippen LogP contribution in [0.15, 0.2) is 22.7 Å². The van der Waals surface area contributed by atoms with Crippen LogP contribution in [0, 0.1) is 0 Å². The molecule has 1 rings (SSSR count). The van der Waals surface area contributed by atoms with E-state index in [0.717, 1.165) is 17.3 Å². The molecule has 1 aromatic carbocycles. The topological polar surface area (TPSA) is 41.5 Å². The minimum absolute atomic E-state index is 0.000951. The van der Waals surface area contributed by atoms with Gasteiger partial charge in [0.2, 0.25) is 0 Å². The van der Waals surface area contributed by atoms with E-state index in [2.05, 4.69) is 26.0 Å². The van der Waals surface area contributed by atoms with Crippen molar-refractivity contribution in [2.75, 3.05) is 6.61 Å². The molecule has 0 atom stereocenters. The lowest BCUT2D eigenvalue weighted by Crippen LogP contribution is -2.47. The van der Waals surface area contributed by atoms with Gasteiger partial charge in [-0.1, -0.05) is 29.8 Å². The van der Waals surface area contributed by atoms with E-state index in [-0.39, 0.29) is 12.4 Å². The van der Waals surface area contributed by atoms with E-state index in [9.17, 15) is 13.9 Å². The Balaban J connectivity index is 2.87. The molecule has 0 aliphatic rings. The summed E-state index contributed by atoms with van der Waals surface area (Å²) in [6.07, 6.45) is 1.50. The first kappa shape index (κ1) is 17.3. The summed E-state index contributed by atoms with van der Waals surface area (Å²) in [7, 11) is 0. The van der Waals surface area contributed by atoms with E-state index in [1.54, 1.807) is 12.1 Å². The molecule has 20 heavy (non-hydrogen) atoms. The van der Waals surface area contributed by atoms with Gasteiger partial charge in [0.15, 0.2) is 0 Å². The van der Waals surface area contributed by atoms with Gasteiger partial charge in [0.05, 0.1) is 6.61 Å². The van der Waals surface area contributed by atoms with Crippen molar-refractivity contribution >= 4 is 15.9 Å². The molecule has 0 spiro atoms. The molecule has 0 bridgehead atoms. The van der Waals surface area contributed by atoms with Gasteiger partial charge in [-0.2, -0.15) is 8.78 Å². The molecule has 0 saturated heterocycles. The highest BCUT2D eigenvalue weighted by atomic mass is 79.9. The molecule has 1 aromatic rings. The van der Waals surface area contributed by atoms with Gasteiger partial charge in [-0.25, -0.2) is 0 Å². The van der Waals surface area contributed by atoms with Crippen molar-refractivity contribution in [3.8, 4) is 5.75 Å². The van der Waals surface area contributed by atoms with Crippen molar-refractivity contribution in [1.82, 2.24) is 5.32 Å². The highest BCUT2D eigenvalue weighted by molar-refractivity contribution is 9.10. The van der Waals surface area contributed by atoms with E-state index >= 15 is 0 Å². The summed E-state index contributed by atoms with van der Waals surface area (Å²) in [4.78, 5) is 0. The Labute approximate surface area is 126 Å². The average Bonchev–Trinajstić information content (AvgIpc) is 2.43. The summed E-state index contributed by atoms with van der Waals surface area (Å²) >= 11 is 3.31. The molecule has 2 N–H and O–H groups in total. The summed E-state index contributed by atoms with van der Waals surface area (Å²) in [6.45, 7) is 1.45. The van der Waals surface area contributed by atoms with Gasteiger partial charge in [-0.15, -0.1) is 0 Å². The molecule has 3 nitrogen and oxygen atoms in total. The molecule has 0 aliphatic carbocycles. The Hall–Kier alpha value is -0.720. The number of aliphatic hydroxyl groups is 1. The maximum atomic E-state index is 12.4. The summed E-state index contributed by atoms with van der Waals surface area (Å²) in [5, 5.41) is 12.7.